The molecule has 112 valence electrons. The van der Waals surface area contributed by atoms with Crippen molar-refractivity contribution >= 4 is 5.69 Å². The van der Waals surface area contributed by atoms with Gasteiger partial charge in [0.15, 0.2) is 0 Å². The van der Waals surface area contributed by atoms with Crippen molar-refractivity contribution in [2.24, 2.45) is 5.73 Å². The molecule has 0 radical (unpaired) electrons. The predicted molar refractivity (Wildman–Crippen MR) is 85.5 cm³/mol. The molecule has 1 aromatic rings. The molecule has 2 rings (SSSR count). The van der Waals surface area contributed by atoms with Gasteiger partial charge in [-0.25, -0.2) is 0 Å². The molecule has 0 saturated heterocycles. The summed E-state index contributed by atoms with van der Waals surface area (Å²) in [6, 6.07) is 8.35. The second-order valence-corrected chi connectivity index (χ2v) is 5.98. The summed E-state index contributed by atoms with van der Waals surface area (Å²) in [7, 11) is 0. The Hall–Kier alpha value is -1.22. The third-order valence-corrected chi connectivity index (χ3v) is 4.35. The van der Waals surface area contributed by atoms with Crippen LogP contribution in [0.15, 0.2) is 24.3 Å². The van der Waals surface area contributed by atoms with Crippen molar-refractivity contribution < 1.29 is 4.74 Å². The number of hydrogen-bond donors (Lipinski definition) is 1. The molecule has 0 fully saturated rings. The summed E-state index contributed by atoms with van der Waals surface area (Å²) in [6.07, 6.45) is 5.97. The maximum absolute atomic E-state index is 6.15. The van der Waals surface area contributed by atoms with Crippen LogP contribution in [0.4, 0.5) is 5.69 Å². The number of ether oxygens (including phenoxy) is 1. The molecule has 1 unspecified atom stereocenters. The summed E-state index contributed by atoms with van der Waals surface area (Å²) < 4.78 is 5.86. The minimum atomic E-state index is 0.0268. The molecule has 3 nitrogen and oxygen atoms in total. The van der Waals surface area contributed by atoms with Gasteiger partial charge in [-0.05, 0) is 31.9 Å². The SMILES string of the molecule is CCCCCC(C)(CN)N1CCCOc2ccccc21. The highest BCUT2D eigenvalue weighted by Crippen LogP contribution is 2.36. The standard InChI is InChI=1S/C17H28N2O/c1-3-4-7-11-17(2,14-18)19-12-8-13-20-16-10-6-5-9-15(16)19/h5-6,9-10H,3-4,7-8,11-14,18H2,1-2H3. The Bertz CT molecular complexity index is 421. The van der Waals surface area contributed by atoms with Crippen molar-refractivity contribution in [3.63, 3.8) is 0 Å². The van der Waals surface area contributed by atoms with Crippen molar-refractivity contribution in [1.82, 2.24) is 0 Å². The Labute approximate surface area is 123 Å². The number of nitrogens with zero attached hydrogens (tertiary/aromatic N) is 1. The van der Waals surface area contributed by atoms with Gasteiger partial charge in [0, 0.05) is 18.6 Å². The Morgan fingerprint density at radius 1 is 1.30 bits per heavy atom. The zero-order valence-electron chi connectivity index (χ0n) is 12.9. The monoisotopic (exact) mass is 276 g/mol. The van der Waals surface area contributed by atoms with Gasteiger partial charge < -0.3 is 15.4 Å². The lowest BCUT2D eigenvalue weighted by molar-refractivity contribution is 0.320. The topological polar surface area (TPSA) is 38.5 Å². The highest BCUT2D eigenvalue weighted by atomic mass is 16.5. The second kappa shape index (κ2) is 6.98. The molecule has 2 N–H and O–H groups in total. The summed E-state index contributed by atoms with van der Waals surface area (Å²) in [5, 5.41) is 0. The Balaban J connectivity index is 2.24. The van der Waals surface area contributed by atoms with Crippen LogP contribution in [0.25, 0.3) is 0 Å². The minimum Gasteiger partial charge on any atom is -0.491 e. The predicted octanol–water partition coefficient (Wildman–Crippen LogP) is 3.57. The summed E-state index contributed by atoms with van der Waals surface area (Å²) in [4.78, 5) is 2.48. The van der Waals surface area contributed by atoms with Crippen LogP contribution in [-0.4, -0.2) is 25.2 Å². The molecule has 0 spiro atoms. The highest BCUT2D eigenvalue weighted by Gasteiger charge is 2.32. The molecule has 0 aromatic heterocycles. The van der Waals surface area contributed by atoms with E-state index in [1.54, 1.807) is 0 Å². The zero-order chi connectivity index (χ0) is 14.4. The molecular formula is C17H28N2O. The number of para-hydroxylation sites is 2. The first-order valence-electron chi connectivity index (χ1n) is 7.91. The fourth-order valence-corrected chi connectivity index (χ4v) is 2.99. The van der Waals surface area contributed by atoms with E-state index in [4.69, 9.17) is 10.5 Å². The molecule has 1 atom stereocenters. The van der Waals surface area contributed by atoms with Crippen molar-refractivity contribution in [1.29, 1.82) is 0 Å². The van der Waals surface area contributed by atoms with Crippen molar-refractivity contribution in [2.75, 3.05) is 24.6 Å². The van der Waals surface area contributed by atoms with Crippen LogP contribution in [0, 0.1) is 0 Å². The number of rotatable bonds is 6. The number of hydrogen-bond acceptors (Lipinski definition) is 3. The zero-order valence-corrected chi connectivity index (χ0v) is 12.9. The second-order valence-electron chi connectivity index (χ2n) is 5.98. The summed E-state index contributed by atoms with van der Waals surface area (Å²) in [6.45, 7) is 7.05. The van der Waals surface area contributed by atoms with Crippen LogP contribution in [0.3, 0.4) is 0 Å². The third kappa shape index (κ3) is 3.26. The molecule has 1 aliphatic heterocycles. The van der Waals surface area contributed by atoms with E-state index in [0.717, 1.165) is 31.7 Å². The Kier molecular flexibility index (Phi) is 5.30. The van der Waals surface area contributed by atoms with Gasteiger partial charge in [-0.1, -0.05) is 38.3 Å². The molecule has 0 amide bonds. The first kappa shape index (κ1) is 15.2. The Morgan fingerprint density at radius 3 is 2.85 bits per heavy atom. The minimum absolute atomic E-state index is 0.0268. The summed E-state index contributed by atoms with van der Waals surface area (Å²) in [5.41, 5.74) is 7.38. The quantitative estimate of drug-likeness (QED) is 0.807. The van der Waals surface area contributed by atoms with E-state index in [1.807, 2.05) is 6.07 Å². The number of nitrogens with two attached hydrogens (primary N) is 1. The van der Waals surface area contributed by atoms with E-state index >= 15 is 0 Å². The van der Waals surface area contributed by atoms with Gasteiger partial charge in [0.05, 0.1) is 12.3 Å². The smallest absolute Gasteiger partial charge is 0.142 e. The van der Waals surface area contributed by atoms with Crippen molar-refractivity contribution in [3.05, 3.63) is 24.3 Å². The van der Waals surface area contributed by atoms with Gasteiger partial charge in [0.25, 0.3) is 0 Å². The largest absolute Gasteiger partial charge is 0.491 e. The van der Waals surface area contributed by atoms with Crippen LogP contribution in [0.1, 0.15) is 46.0 Å². The summed E-state index contributed by atoms with van der Waals surface area (Å²) in [5.74, 6) is 1.00. The average molecular weight is 276 g/mol. The summed E-state index contributed by atoms with van der Waals surface area (Å²) >= 11 is 0. The van der Waals surface area contributed by atoms with Gasteiger partial charge in [-0.15, -0.1) is 0 Å². The van der Waals surface area contributed by atoms with E-state index in [2.05, 4.69) is 36.9 Å². The molecule has 3 heteroatoms. The fourth-order valence-electron chi connectivity index (χ4n) is 2.99. The van der Waals surface area contributed by atoms with Gasteiger partial charge in [0.1, 0.15) is 5.75 Å². The Morgan fingerprint density at radius 2 is 2.10 bits per heavy atom. The maximum atomic E-state index is 6.15. The normalized spacial score (nSPS) is 17.9. The van der Waals surface area contributed by atoms with E-state index in [0.29, 0.717) is 6.54 Å². The van der Waals surface area contributed by atoms with Crippen LogP contribution >= 0.6 is 0 Å². The van der Waals surface area contributed by atoms with Gasteiger partial charge in [0.2, 0.25) is 0 Å². The van der Waals surface area contributed by atoms with E-state index in [9.17, 15) is 0 Å². The molecule has 0 bridgehead atoms. The van der Waals surface area contributed by atoms with Gasteiger partial charge >= 0.3 is 0 Å². The third-order valence-electron chi connectivity index (χ3n) is 4.35. The first-order valence-corrected chi connectivity index (χ1v) is 7.91. The number of anilines is 1. The highest BCUT2D eigenvalue weighted by molar-refractivity contribution is 5.60. The van der Waals surface area contributed by atoms with E-state index in [1.165, 1.54) is 24.9 Å². The maximum Gasteiger partial charge on any atom is 0.142 e. The van der Waals surface area contributed by atoms with Gasteiger partial charge in [-0.3, -0.25) is 0 Å². The lowest BCUT2D eigenvalue weighted by Gasteiger charge is -2.42. The molecule has 0 saturated carbocycles. The molecule has 20 heavy (non-hydrogen) atoms. The average Bonchev–Trinajstić information content (AvgIpc) is 2.70. The van der Waals surface area contributed by atoms with E-state index in [-0.39, 0.29) is 5.54 Å². The van der Waals surface area contributed by atoms with Crippen LogP contribution in [0.2, 0.25) is 0 Å². The number of fused-ring (bicyclic) bond motifs is 1. The van der Waals surface area contributed by atoms with Crippen LogP contribution in [-0.2, 0) is 0 Å². The van der Waals surface area contributed by atoms with Crippen LogP contribution < -0.4 is 15.4 Å². The first-order chi connectivity index (χ1) is 9.71. The fraction of sp³-hybridized carbons (Fsp3) is 0.647. The number of unbranched alkanes of at least 4 members (excludes halogenated alkanes) is 2. The lowest BCUT2D eigenvalue weighted by atomic mass is 9.91. The molecule has 1 aliphatic rings. The molecule has 0 aliphatic carbocycles. The van der Waals surface area contributed by atoms with Crippen molar-refractivity contribution in [2.45, 2.75) is 51.5 Å². The van der Waals surface area contributed by atoms with Gasteiger partial charge in [-0.2, -0.15) is 0 Å². The molecule has 1 aromatic carbocycles. The van der Waals surface area contributed by atoms with E-state index < -0.39 is 0 Å². The van der Waals surface area contributed by atoms with Crippen molar-refractivity contribution in [3.8, 4) is 5.75 Å². The van der Waals surface area contributed by atoms with Crippen LogP contribution in [0.5, 0.6) is 5.75 Å². The number of benzene rings is 1. The molecule has 1 heterocycles. The lowest BCUT2D eigenvalue weighted by Crippen LogP contribution is -2.52. The molecular weight excluding hydrogens is 248 g/mol.